The molecule has 0 radical (unpaired) electrons. The van der Waals surface area contributed by atoms with Gasteiger partial charge in [-0.05, 0) is 85.8 Å². The summed E-state index contributed by atoms with van der Waals surface area (Å²) in [5.74, 6) is 3.54. The van der Waals surface area contributed by atoms with Crippen LogP contribution in [0.25, 0.3) is 0 Å². The number of halogens is 1. The maximum atomic E-state index is 14.0. The summed E-state index contributed by atoms with van der Waals surface area (Å²) in [5, 5.41) is 0. The lowest BCUT2D eigenvalue weighted by atomic mass is 9.68. The van der Waals surface area contributed by atoms with Crippen LogP contribution in [0.3, 0.4) is 0 Å². The molecule has 2 fully saturated rings. The van der Waals surface area contributed by atoms with Gasteiger partial charge in [0, 0.05) is 0 Å². The van der Waals surface area contributed by atoms with E-state index in [4.69, 9.17) is 0 Å². The molecular weight excluding hydrogens is 283 g/mol. The van der Waals surface area contributed by atoms with Crippen molar-refractivity contribution in [3.05, 3.63) is 35.1 Å². The van der Waals surface area contributed by atoms with Crippen LogP contribution in [0, 0.1) is 23.6 Å². The second-order valence-corrected chi connectivity index (χ2v) is 8.01. The van der Waals surface area contributed by atoms with Crippen LogP contribution in [0.1, 0.15) is 88.7 Å². The number of aryl methyl sites for hydroxylation is 1. The van der Waals surface area contributed by atoms with Crippen molar-refractivity contribution in [2.75, 3.05) is 0 Å². The van der Waals surface area contributed by atoms with E-state index in [1.54, 1.807) is 0 Å². The van der Waals surface area contributed by atoms with E-state index < -0.39 is 0 Å². The molecule has 0 nitrogen and oxygen atoms in total. The van der Waals surface area contributed by atoms with Crippen molar-refractivity contribution < 1.29 is 4.39 Å². The van der Waals surface area contributed by atoms with Crippen LogP contribution in [0.15, 0.2) is 18.2 Å². The minimum Gasteiger partial charge on any atom is -0.207 e. The topological polar surface area (TPSA) is 0 Å². The number of hydrogen-bond acceptors (Lipinski definition) is 0. The standard InChI is InChI=1S/C22H33F/c1-3-16-5-7-18(8-6-16)19-10-12-20(13-11-19)21-14-9-17(4-2)22(23)15-21/h9,14-16,18-20H,3-8,10-13H2,1-2H3/t16-,18-,19?,20?. The molecule has 0 aromatic heterocycles. The summed E-state index contributed by atoms with van der Waals surface area (Å²) in [7, 11) is 0. The lowest BCUT2D eigenvalue weighted by molar-refractivity contribution is 0.158. The highest BCUT2D eigenvalue weighted by Crippen LogP contribution is 2.44. The quantitative estimate of drug-likeness (QED) is 0.568. The van der Waals surface area contributed by atoms with Gasteiger partial charge in [-0.1, -0.05) is 45.2 Å². The predicted octanol–water partition coefficient (Wildman–Crippen LogP) is 6.88. The molecular formula is C22H33F. The number of hydrogen-bond donors (Lipinski definition) is 0. The summed E-state index contributed by atoms with van der Waals surface area (Å²) >= 11 is 0. The molecule has 2 aliphatic rings. The molecule has 128 valence electrons. The molecule has 0 unspecified atom stereocenters. The first-order chi connectivity index (χ1) is 11.2. The van der Waals surface area contributed by atoms with Crippen LogP contribution in [-0.4, -0.2) is 0 Å². The molecule has 0 bridgehead atoms. The van der Waals surface area contributed by atoms with Crippen molar-refractivity contribution >= 4 is 0 Å². The van der Waals surface area contributed by atoms with Crippen LogP contribution in [-0.2, 0) is 6.42 Å². The van der Waals surface area contributed by atoms with E-state index in [1.165, 1.54) is 63.4 Å². The van der Waals surface area contributed by atoms with Crippen LogP contribution < -0.4 is 0 Å². The molecule has 3 rings (SSSR count). The summed E-state index contributed by atoms with van der Waals surface area (Å²) in [4.78, 5) is 0. The molecule has 2 saturated carbocycles. The zero-order valence-electron chi connectivity index (χ0n) is 15.0. The molecule has 0 spiro atoms. The lowest BCUT2D eigenvalue weighted by Gasteiger charge is -2.38. The molecule has 0 heterocycles. The fourth-order valence-electron chi connectivity index (χ4n) is 5.10. The van der Waals surface area contributed by atoms with Crippen LogP contribution in [0.2, 0.25) is 0 Å². The Bertz CT molecular complexity index is 491. The summed E-state index contributed by atoms with van der Waals surface area (Å²) in [6.45, 7) is 4.37. The Kier molecular flexibility index (Phi) is 5.77. The average molecular weight is 317 g/mol. The van der Waals surface area contributed by atoms with Crippen molar-refractivity contribution in [1.82, 2.24) is 0 Å². The Hall–Kier alpha value is -0.850. The van der Waals surface area contributed by atoms with Gasteiger partial charge in [-0.3, -0.25) is 0 Å². The Morgan fingerprint density at radius 1 is 0.870 bits per heavy atom. The third-order valence-corrected chi connectivity index (χ3v) is 6.84. The fourth-order valence-corrected chi connectivity index (χ4v) is 5.10. The van der Waals surface area contributed by atoms with Crippen molar-refractivity contribution in [1.29, 1.82) is 0 Å². The highest BCUT2D eigenvalue weighted by atomic mass is 19.1. The molecule has 2 aliphatic carbocycles. The van der Waals surface area contributed by atoms with Crippen LogP contribution in [0.5, 0.6) is 0 Å². The van der Waals surface area contributed by atoms with E-state index in [0.717, 1.165) is 29.7 Å². The Labute approximate surface area is 141 Å². The third kappa shape index (κ3) is 3.98. The van der Waals surface area contributed by atoms with Gasteiger partial charge >= 0.3 is 0 Å². The highest BCUT2D eigenvalue weighted by Gasteiger charge is 2.31. The predicted molar refractivity (Wildman–Crippen MR) is 96.2 cm³/mol. The molecule has 1 aromatic carbocycles. The normalized spacial score (nSPS) is 32.0. The van der Waals surface area contributed by atoms with Gasteiger partial charge in [0.25, 0.3) is 0 Å². The SMILES string of the molecule is CCc1ccc(C2CCC([C@H]3CC[C@H](CC)CC3)CC2)cc1F. The Morgan fingerprint density at radius 3 is 2.00 bits per heavy atom. The summed E-state index contributed by atoms with van der Waals surface area (Å²) in [5.41, 5.74) is 2.10. The maximum absolute atomic E-state index is 14.0. The van der Waals surface area contributed by atoms with Crippen molar-refractivity contribution in [2.24, 2.45) is 17.8 Å². The van der Waals surface area contributed by atoms with Crippen molar-refractivity contribution in [3.8, 4) is 0 Å². The van der Waals surface area contributed by atoms with E-state index in [-0.39, 0.29) is 5.82 Å². The molecule has 1 aromatic rings. The van der Waals surface area contributed by atoms with Gasteiger partial charge in [-0.25, -0.2) is 4.39 Å². The highest BCUT2D eigenvalue weighted by molar-refractivity contribution is 5.27. The zero-order valence-corrected chi connectivity index (χ0v) is 15.0. The number of rotatable bonds is 4. The van der Waals surface area contributed by atoms with E-state index in [9.17, 15) is 4.39 Å². The second kappa shape index (κ2) is 7.81. The van der Waals surface area contributed by atoms with Crippen molar-refractivity contribution in [2.45, 2.75) is 84.0 Å². The van der Waals surface area contributed by atoms with Gasteiger partial charge in [-0.15, -0.1) is 0 Å². The molecule has 1 heteroatoms. The molecule has 0 aliphatic heterocycles. The van der Waals surface area contributed by atoms with E-state index in [0.29, 0.717) is 5.92 Å². The summed E-state index contributed by atoms with van der Waals surface area (Å²) in [6.07, 6.45) is 13.3. The van der Waals surface area contributed by atoms with Gasteiger partial charge in [0.2, 0.25) is 0 Å². The first-order valence-corrected chi connectivity index (χ1v) is 9.99. The molecule has 23 heavy (non-hydrogen) atoms. The van der Waals surface area contributed by atoms with Gasteiger partial charge < -0.3 is 0 Å². The van der Waals surface area contributed by atoms with Gasteiger partial charge in [0.05, 0.1) is 0 Å². The minimum absolute atomic E-state index is 0.00464. The Balaban J connectivity index is 1.53. The van der Waals surface area contributed by atoms with Crippen molar-refractivity contribution in [3.63, 3.8) is 0 Å². The monoisotopic (exact) mass is 316 g/mol. The van der Waals surface area contributed by atoms with E-state index in [1.807, 2.05) is 19.1 Å². The molecule has 0 atom stereocenters. The fraction of sp³-hybridized carbons (Fsp3) is 0.727. The van der Waals surface area contributed by atoms with Gasteiger partial charge in [0.1, 0.15) is 5.82 Å². The first-order valence-electron chi connectivity index (χ1n) is 9.99. The van der Waals surface area contributed by atoms with Crippen LogP contribution >= 0.6 is 0 Å². The first kappa shape index (κ1) is 17.0. The zero-order chi connectivity index (χ0) is 16.2. The van der Waals surface area contributed by atoms with Gasteiger partial charge in [0.15, 0.2) is 0 Å². The van der Waals surface area contributed by atoms with Crippen LogP contribution in [0.4, 0.5) is 4.39 Å². The van der Waals surface area contributed by atoms with E-state index in [2.05, 4.69) is 13.0 Å². The number of benzene rings is 1. The summed E-state index contributed by atoms with van der Waals surface area (Å²) < 4.78 is 14.0. The molecule has 0 amide bonds. The molecule has 0 N–H and O–H groups in total. The minimum atomic E-state index is 0.00464. The third-order valence-electron chi connectivity index (χ3n) is 6.84. The molecule has 0 saturated heterocycles. The largest absolute Gasteiger partial charge is 0.207 e. The lowest BCUT2D eigenvalue weighted by Crippen LogP contribution is -2.25. The van der Waals surface area contributed by atoms with E-state index >= 15 is 0 Å². The maximum Gasteiger partial charge on any atom is 0.126 e. The second-order valence-electron chi connectivity index (χ2n) is 8.01. The van der Waals surface area contributed by atoms with Gasteiger partial charge in [-0.2, -0.15) is 0 Å². The Morgan fingerprint density at radius 2 is 1.48 bits per heavy atom. The summed E-state index contributed by atoms with van der Waals surface area (Å²) in [6, 6.07) is 6.00. The average Bonchev–Trinajstić information content (AvgIpc) is 2.62. The smallest absolute Gasteiger partial charge is 0.126 e.